The summed E-state index contributed by atoms with van der Waals surface area (Å²) in [6.45, 7) is 1.23. The summed E-state index contributed by atoms with van der Waals surface area (Å²) in [6.07, 6.45) is 3.55. The van der Waals surface area contributed by atoms with E-state index in [1.54, 1.807) is 12.1 Å². The van der Waals surface area contributed by atoms with E-state index in [0.29, 0.717) is 17.9 Å². The Morgan fingerprint density at radius 1 is 1.41 bits per heavy atom. The summed E-state index contributed by atoms with van der Waals surface area (Å²) in [6, 6.07) is 8.67. The van der Waals surface area contributed by atoms with Crippen LogP contribution in [0.1, 0.15) is 16.8 Å². The fourth-order valence-corrected chi connectivity index (χ4v) is 2.53. The molecular formula is C16H16FN3O2. The maximum absolute atomic E-state index is 13.1. The number of hydrogen-bond donors (Lipinski definition) is 1. The molecule has 1 fully saturated rings. The van der Waals surface area contributed by atoms with E-state index in [1.165, 1.54) is 12.3 Å². The van der Waals surface area contributed by atoms with Gasteiger partial charge in [0.1, 0.15) is 18.2 Å². The molecule has 0 radical (unpaired) electrons. The monoisotopic (exact) mass is 301 g/mol. The zero-order valence-corrected chi connectivity index (χ0v) is 11.9. The van der Waals surface area contributed by atoms with Gasteiger partial charge in [-0.05, 0) is 18.6 Å². The quantitative estimate of drug-likeness (QED) is 0.917. The summed E-state index contributed by atoms with van der Waals surface area (Å²) in [5.41, 5.74) is 6.72. The molecule has 2 N–H and O–H groups in total. The second-order valence-corrected chi connectivity index (χ2v) is 5.17. The zero-order valence-electron chi connectivity index (χ0n) is 11.9. The number of aromatic nitrogens is 1. The Morgan fingerprint density at radius 3 is 2.91 bits per heavy atom. The van der Waals surface area contributed by atoms with Crippen LogP contribution in [0.4, 0.5) is 10.1 Å². The van der Waals surface area contributed by atoms with Crippen molar-refractivity contribution in [1.82, 2.24) is 4.98 Å². The summed E-state index contributed by atoms with van der Waals surface area (Å²) in [7, 11) is 0. The fraction of sp³-hybridized carbons (Fsp3) is 0.250. The minimum Gasteiger partial charge on any atom is -0.490 e. The van der Waals surface area contributed by atoms with Crippen molar-refractivity contribution in [2.24, 2.45) is 5.73 Å². The Kier molecular flexibility index (Phi) is 3.91. The van der Waals surface area contributed by atoms with Crippen molar-refractivity contribution in [3.63, 3.8) is 0 Å². The second kappa shape index (κ2) is 6.01. The van der Waals surface area contributed by atoms with Crippen LogP contribution < -0.4 is 15.4 Å². The van der Waals surface area contributed by atoms with Crippen molar-refractivity contribution in [3.8, 4) is 5.75 Å². The van der Waals surface area contributed by atoms with Crippen LogP contribution >= 0.6 is 0 Å². The van der Waals surface area contributed by atoms with E-state index in [4.69, 9.17) is 10.5 Å². The molecule has 1 atom stereocenters. The Bertz CT molecular complexity index is 693. The van der Waals surface area contributed by atoms with Crippen molar-refractivity contribution in [2.45, 2.75) is 12.5 Å². The highest BCUT2D eigenvalue weighted by Gasteiger charge is 2.30. The van der Waals surface area contributed by atoms with Gasteiger partial charge in [0.25, 0.3) is 5.91 Å². The number of nitrogens with two attached hydrogens (primary N) is 1. The van der Waals surface area contributed by atoms with Crippen LogP contribution in [-0.2, 0) is 0 Å². The summed E-state index contributed by atoms with van der Waals surface area (Å²) >= 11 is 0. The first-order valence-corrected chi connectivity index (χ1v) is 7.04. The number of primary amides is 1. The third-order valence-electron chi connectivity index (χ3n) is 3.75. The number of carbonyl (C=O) groups is 1. The lowest BCUT2D eigenvalue weighted by atomic mass is 10.00. The molecule has 0 bridgehead atoms. The van der Waals surface area contributed by atoms with E-state index >= 15 is 0 Å². The van der Waals surface area contributed by atoms with E-state index in [1.807, 2.05) is 12.1 Å². The first-order valence-electron chi connectivity index (χ1n) is 7.04. The molecule has 0 spiro atoms. The van der Waals surface area contributed by atoms with Crippen molar-refractivity contribution in [2.75, 3.05) is 18.1 Å². The summed E-state index contributed by atoms with van der Waals surface area (Å²) < 4.78 is 18.6. The van der Waals surface area contributed by atoms with Crippen LogP contribution in [0.3, 0.4) is 0 Å². The van der Waals surface area contributed by atoms with Gasteiger partial charge in [-0.2, -0.15) is 0 Å². The molecule has 2 aromatic rings. The van der Waals surface area contributed by atoms with E-state index in [9.17, 15) is 9.18 Å². The summed E-state index contributed by atoms with van der Waals surface area (Å²) in [5, 5.41) is 0. The van der Waals surface area contributed by atoms with Crippen LogP contribution in [0.2, 0.25) is 0 Å². The van der Waals surface area contributed by atoms with Crippen LogP contribution in [-0.4, -0.2) is 30.1 Å². The molecule has 1 saturated heterocycles. The minimum absolute atomic E-state index is 0.128. The first-order chi connectivity index (χ1) is 10.6. The van der Waals surface area contributed by atoms with E-state index in [2.05, 4.69) is 9.88 Å². The zero-order chi connectivity index (χ0) is 15.5. The van der Waals surface area contributed by atoms with Crippen molar-refractivity contribution >= 4 is 11.6 Å². The molecule has 1 aromatic carbocycles. The number of nitrogens with zero attached hydrogens (tertiary/aromatic N) is 2. The third kappa shape index (κ3) is 2.86. The number of para-hydroxylation sites is 1. The molecule has 0 saturated carbocycles. The van der Waals surface area contributed by atoms with Gasteiger partial charge in [-0.15, -0.1) is 0 Å². The van der Waals surface area contributed by atoms with Gasteiger partial charge in [0, 0.05) is 18.3 Å². The standard InChI is InChI=1S/C16H16FN3O2/c17-11-7-13(9-19-8-11)22-10-12-5-6-20(12)15-4-2-1-3-14(15)16(18)21/h1-4,7-9,12H,5-6,10H2,(H2,18,21). The van der Waals surface area contributed by atoms with Gasteiger partial charge >= 0.3 is 0 Å². The molecule has 1 aliphatic rings. The summed E-state index contributed by atoms with van der Waals surface area (Å²) in [5.74, 6) is -0.478. The number of pyridine rings is 1. The number of rotatable bonds is 5. The largest absolute Gasteiger partial charge is 0.490 e. The number of halogens is 1. The molecule has 22 heavy (non-hydrogen) atoms. The average Bonchev–Trinajstić information content (AvgIpc) is 2.47. The molecule has 1 aromatic heterocycles. The van der Waals surface area contributed by atoms with Gasteiger partial charge in [0.05, 0.1) is 24.0 Å². The highest BCUT2D eigenvalue weighted by molar-refractivity contribution is 5.98. The lowest BCUT2D eigenvalue weighted by Crippen LogP contribution is -2.51. The molecule has 1 amide bonds. The van der Waals surface area contributed by atoms with E-state index in [-0.39, 0.29) is 6.04 Å². The van der Waals surface area contributed by atoms with Gasteiger partial charge < -0.3 is 15.4 Å². The lowest BCUT2D eigenvalue weighted by Gasteiger charge is -2.43. The SMILES string of the molecule is NC(=O)c1ccccc1N1CCC1COc1cncc(F)c1. The van der Waals surface area contributed by atoms with Gasteiger partial charge in [0.2, 0.25) is 0 Å². The molecule has 5 nitrogen and oxygen atoms in total. The maximum atomic E-state index is 13.1. The molecule has 3 rings (SSSR count). The predicted octanol–water partition coefficient (Wildman–Crippen LogP) is 1.98. The molecule has 0 aliphatic carbocycles. The maximum Gasteiger partial charge on any atom is 0.250 e. The van der Waals surface area contributed by atoms with Crippen molar-refractivity contribution < 1.29 is 13.9 Å². The number of hydrogen-bond acceptors (Lipinski definition) is 4. The number of benzene rings is 1. The third-order valence-corrected chi connectivity index (χ3v) is 3.75. The minimum atomic E-state index is -0.448. The Morgan fingerprint density at radius 2 is 2.23 bits per heavy atom. The second-order valence-electron chi connectivity index (χ2n) is 5.17. The van der Waals surface area contributed by atoms with Gasteiger partial charge in [-0.3, -0.25) is 9.78 Å². The number of amides is 1. The fourth-order valence-electron chi connectivity index (χ4n) is 2.53. The van der Waals surface area contributed by atoms with Crippen LogP contribution in [0.5, 0.6) is 5.75 Å². The van der Waals surface area contributed by atoms with Crippen LogP contribution in [0, 0.1) is 5.82 Å². The number of carbonyl (C=O) groups excluding carboxylic acids is 1. The molecular weight excluding hydrogens is 285 g/mol. The molecule has 6 heteroatoms. The van der Waals surface area contributed by atoms with Crippen LogP contribution in [0.25, 0.3) is 0 Å². The molecule has 1 unspecified atom stereocenters. The van der Waals surface area contributed by atoms with Gasteiger partial charge in [0.15, 0.2) is 0 Å². The van der Waals surface area contributed by atoms with Gasteiger partial charge in [-0.1, -0.05) is 12.1 Å². The number of anilines is 1. The Hall–Kier alpha value is -2.63. The topological polar surface area (TPSA) is 68.5 Å². The van der Waals surface area contributed by atoms with Crippen molar-refractivity contribution in [3.05, 3.63) is 54.1 Å². The molecule has 2 heterocycles. The molecule has 114 valence electrons. The van der Waals surface area contributed by atoms with Crippen molar-refractivity contribution in [1.29, 1.82) is 0 Å². The predicted molar refractivity (Wildman–Crippen MR) is 80.4 cm³/mol. The van der Waals surface area contributed by atoms with E-state index in [0.717, 1.165) is 24.8 Å². The lowest BCUT2D eigenvalue weighted by molar-refractivity contribution is 0.1000. The smallest absolute Gasteiger partial charge is 0.250 e. The highest BCUT2D eigenvalue weighted by atomic mass is 19.1. The van der Waals surface area contributed by atoms with E-state index < -0.39 is 11.7 Å². The Balaban J connectivity index is 1.69. The first kappa shape index (κ1) is 14.3. The highest BCUT2D eigenvalue weighted by Crippen LogP contribution is 2.30. The average molecular weight is 301 g/mol. The van der Waals surface area contributed by atoms with Crippen LogP contribution in [0.15, 0.2) is 42.7 Å². The van der Waals surface area contributed by atoms with Gasteiger partial charge in [-0.25, -0.2) is 4.39 Å². The molecule has 1 aliphatic heterocycles. The Labute approximate surface area is 127 Å². The normalized spacial score (nSPS) is 17.0. The summed E-state index contributed by atoms with van der Waals surface area (Å²) in [4.78, 5) is 17.3. The number of ether oxygens (including phenoxy) is 1.